The van der Waals surface area contributed by atoms with Crippen LogP contribution in [-0.4, -0.2) is 18.2 Å². The highest BCUT2D eigenvalue weighted by atomic mass is 16.5. The molecule has 0 spiro atoms. The first kappa shape index (κ1) is 10.7. The Balaban J connectivity index is 3.07. The summed E-state index contributed by atoms with van der Waals surface area (Å²) < 4.78 is 4.62. The number of carbonyl (C=O) groups is 1. The van der Waals surface area contributed by atoms with Gasteiger partial charge in [-0.15, -0.1) is 0 Å². The number of carbonyl (C=O) groups excluding carboxylic acids is 1. The van der Waals surface area contributed by atoms with E-state index in [4.69, 9.17) is 0 Å². The van der Waals surface area contributed by atoms with Gasteiger partial charge in [0.2, 0.25) is 0 Å². The first-order valence-electron chi connectivity index (χ1n) is 4.43. The van der Waals surface area contributed by atoms with Gasteiger partial charge in [0.05, 0.1) is 18.8 Å². The van der Waals surface area contributed by atoms with Gasteiger partial charge >= 0.3 is 5.97 Å². The van der Waals surface area contributed by atoms with E-state index < -0.39 is 6.10 Å². The third kappa shape index (κ3) is 2.12. The number of benzene rings is 1. The molecule has 0 fully saturated rings. The molecule has 3 heteroatoms. The minimum Gasteiger partial charge on any atom is -0.465 e. The number of rotatable bonds is 2. The fourth-order valence-electron chi connectivity index (χ4n) is 1.29. The quantitative estimate of drug-likeness (QED) is 0.730. The fraction of sp³-hybridized carbons (Fsp3) is 0.364. The van der Waals surface area contributed by atoms with Gasteiger partial charge in [-0.2, -0.15) is 0 Å². The molecule has 1 aromatic rings. The summed E-state index contributed by atoms with van der Waals surface area (Å²) in [5.74, 6) is -0.348. The highest BCUT2D eigenvalue weighted by molar-refractivity contribution is 5.90. The second-order valence-electron chi connectivity index (χ2n) is 3.24. The van der Waals surface area contributed by atoms with E-state index in [0.717, 1.165) is 11.1 Å². The zero-order chi connectivity index (χ0) is 10.7. The van der Waals surface area contributed by atoms with E-state index >= 15 is 0 Å². The van der Waals surface area contributed by atoms with Gasteiger partial charge in [-0.25, -0.2) is 4.79 Å². The maximum absolute atomic E-state index is 11.2. The maximum atomic E-state index is 11.2. The number of esters is 1. The lowest BCUT2D eigenvalue weighted by Gasteiger charge is -2.08. The molecule has 0 aromatic heterocycles. The molecule has 0 radical (unpaired) electrons. The van der Waals surface area contributed by atoms with Crippen LogP contribution in [0.5, 0.6) is 0 Å². The van der Waals surface area contributed by atoms with Crippen molar-refractivity contribution in [2.45, 2.75) is 20.0 Å². The van der Waals surface area contributed by atoms with Gasteiger partial charge in [0.15, 0.2) is 0 Å². The SMILES string of the molecule is COC(=O)c1ccc([C@@H](C)O)cc1C. The molecule has 0 saturated carbocycles. The standard InChI is InChI=1S/C11H14O3/c1-7-6-9(8(2)12)4-5-10(7)11(13)14-3/h4-6,8,12H,1-3H3/t8-/m1/s1. The van der Waals surface area contributed by atoms with E-state index in [-0.39, 0.29) is 5.97 Å². The second-order valence-corrected chi connectivity index (χ2v) is 3.24. The number of hydrogen-bond acceptors (Lipinski definition) is 3. The molecular formula is C11H14O3. The summed E-state index contributed by atoms with van der Waals surface area (Å²) in [7, 11) is 1.35. The Morgan fingerprint density at radius 2 is 2.14 bits per heavy atom. The molecule has 0 amide bonds. The van der Waals surface area contributed by atoms with Gasteiger partial charge in [-0.3, -0.25) is 0 Å². The molecule has 0 saturated heterocycles. The van der Waals surface area contributed by atoms with Crippen LogP contribution in [0.1, 0.15) is 34.5 Å². The van der Waals surface area contributed by atoms with Crippen molar-refractivity contribution >= 4 is 5.97 Å². The Morgan fingerprint density at radius 3 is 2.57 bits per heavy atom. The van der Waals surface area contributed by atoms with E-state index in [9.17, 15) is 9.90 Å². The summed E-state index contributed by atoms with van der Waals surface area (Å²) in [6.45, 7) is 3.50. The molecule has 1 atom stereocenters. The Labute approximate surface area is 83.3 Å². The number of hydrogen-bond donors (Lipinski definition) is 1. The van der Waals surface area contributed by atoms with Crippen LogP contribution in [0.25, 0.3) is 0 Å². The molecule has 14 heavy (non-hydrogen) atoms. The lowest BCUT2D eigenvalue weighted by molar-refractivity contribution is 0.0599. The van der Waals surface area contributed by atoms with Gasteiger partial charge in [0.1, 0.15) is 0 Å². The van der Waals surface area contributed by atoms with Crippen LogP contribution >= 0.6 is 0 Å². The summed E-state index contributed by atoms with van der Waals surface area (Å²) in [5, 5.41) is 9.32. The summed E-state index contributed by atoms with van der Waals surface area (Å²) in [6, 6.07) is 5.18. The molecule has 0 unspecified atom stereocenters. The van der Waals surface area contributed by atoms with Crippen LogP contribution in [0, 0.1) is 6.92 Å². The Kier molecular flexibility index (Phi) is 3.25. The Morgan fingerprint density at radius 1 is 1.50 bits per heavy atom. The normalized spacial score (nSPS) is 12.3. The fourth-order valence-corrected chi connectivity index (χ4v) is 1.29. The summed E-state index contributed by atoms with van der Waals surface area (Å²) in [4.78, 5) is 11.2. The van der Waals surface area contributed by atoms with E-state index in [2.05, 4.69) is 4.74 Å². The number of aliphatic hydroxyl groups is 1. The van der Waals surface area contributed by atoms with Crippen LogP contribution in [0.4, 0.5) is 0 Å². The molecule has 0 bridgehead atoms. The minimum atomic E-state index is -0.514. The van der Waals surface area contributed by atoms with E-state index in [1.54, 1.807) is 25.1 Å². The van der Waals surface area contributed by atoms with E-state index in [1.165, 1.54) is 7.11 Å². The summed E-state index contributed by atoms with van der Waals surface area (Å²) >= 11 is 0. The van der Waals surface area contributed by atoms with Crippen LogP contribution in [-0.2, 0) is 4.74 Å². The van der Waals surface area contributed by atoms with Crippen LogP contribution in [0.15, 0.2) is 18.2 Å². The molecular weight excluding hydrogens is 180 g/mol. The lowest BCUT2D eigenvalue weighted by atomic mass is 10.0. The largest absolute Gasteiger partial charge is 0.465 e. The van der Waals surface area contributed by atoms with Gasteiger partial charge in [-0.1, -0.05) is 12.1 Å². The van der Waals surface area contributed by atoms with Gasteiger partial charge in [-0.05, 0) is 31.0 Å². The molecule has 0 heterocycles. The Hall–Kier alpha value is -1.35. The first-order valence-corrected chi connectivity index (χ1v) is 4.43. The van der Waals surface area contributed by atoms with Crippen molar-refractivity contribution in [2.75, 3.05) is 7.11 Å². The van der Waals surface area contributed by atoms with Crippen molar-refractivity contribution in [3.63, 3.8) is 0 Å². The number of aliphatic hydroxyl groups excluding tert-OH is 1. The monoisotopic (exact) mass is 194 g/mol. The first-order chi connectivity index (χ1) is 6.56. The minimum absolute atomic E-state index is 0.348. The molecule has 0 aliphatic rings. The van der Waals surface area contributed by atoms with Gasteiger partial charge < -0.3 is 9.84 Å². The predicted molar refractivity (Wildman–Crippen MR) is 53.2 cm³/mol. The number of aryl methyl sites for hydroxylation is 1. The maximum Gasteiger partial charge on any atom is 0.338 e. The second kappa shape index (κ2) is 4.24. The van der Waals surface area contributed by atoms with E-state index in [1.807, 2.05) is 6.92 Å². The van der Waals surface area contributed by atoms with Crippen molar-refractivity contribution in [2.24, 2.45) is 0 Å². The third-order valence-corrected chi connectivity index (χ3v) is 2.14. The van der Waals surface area contributed by atoms with Crippen LogP contribution in [0.2, 0.25) is 0 Å². The lowest BCUT2D eigenvalue weighted by Crippen LogP contribution is -2.04. The topological polar surface area (TPSA) is 46.5 Å². The van der Waals surface area contributed by atoms with Gasteiger partial charge in [0.25, 0.3) is 0 Å². The summed E-state index contributed by atoms with van der Waals surface area (Å²) in [5.41, 5.74) is 2.15. The van der Waals surface area contributed by atoms with Crippen molar-refractivity contribution in [1.29, 1.82) is 0 Å². The molecule has 1 aromatic carbocycles. The van der Waals surface area contributed by atoms with Gasteiger partial charge in [0, 0.05) is 0 Å². The predicted octanol–water partition coefficient (Wildman–Crippen LogP) is 1.83. The zero-order valence-corrected chi connectivity index (χ0v) is 8.57. The van der Waals surface area contributed by atoms with Crippen molar-refractivity contribution in [3.8, 4) is 0 Å². The highest BCUT2D eigenvalue weighted by Crippen LogP contribution is 2.17. The third-order valence-electron chi connectivity index (χ3n) is 2.14. The molecule has 0 aliphatic heterocycles. The molecule has 76 valence electrons. The average molecular weight is 194 g/mol. The molecule has 3 nitrogen and oxygen atoms in total. The van der Waals surface area contributed by atoms with Crippen molar-refractivity contribution in [3.05, 3.63) is 34.9 Å². The smallest absolute Gasteiger partial charge is 0.338 e. The Bertz CT molecular complexity index is 342. The van der Waals surface area contributed by atoms with Crippen molar-refractivity contribution in [1.82, 2.24) is 0 Å². The van der Waals surface area contributed by atoms with Crippen LogP contribution < -0.4 is 0 Å². The number of methoxy groups -OCH3 is 1. The molecule has 0 aliphatic carbocycles. The zero-order valence-electron chi connectivity index (χ0n) is 8.57. The average Bonchev–Trinajstić information content (AvgIpc) is 2.16. The van der Waals surface area contributed by atoms with Crippen LogP contribution in [0.3, 0.4) is 0 Å². The number of ether oxygens (including phenoxy) is 1. The molecule has 1 N–H and O–H groups in total. The highest BCUT2D eigenvalue weighted by Gasteiger charge is 2.10. The van der Waals surface area contributed by atoms with E-state index in [0.29, 0.717) is 5.56 Å². The van der Waals surface area contributed by atoms with Crippen molar-refractivity contribution < 1.29 is 14.6 Å². The summed E-state index contributed by atoms with van der Waals surface area (Å²) in [6.07, 6.45) is -0.514. The molecule has 1 rings (SSSR count).